The lowest BCUT2D eigenvalue weighted by Crippen LogP contribution is -2.47. The molecule has 1 atom stereocenters. The van der Waals surface area contributed by atoms with E-state index in [2.05, 4.69) is 15.3 Å². The van der Waals surface area contributed by atoms with Crippen LogP contribution in [-0.2, 0) is 9.53 Å². The maximum atomic E-state index is 11.3. The van der Waals surface area contributed by atoms with E-state index in [0.29, 0.717) is 31.3 Å². The molecule has 2 heterocycles. The molecule has 1 saturated heterocycles. The third-order valence-electron chi connectivity index (χ3n) is 2.70. The highest BCUT2D eigenvalue weighted by Gasteiger charge is 2.43. The molecule has 1 aromatic rings. The van der Waals surface area contributed by atoms with Crippen LogP contribution in [0.4, 0.5) is 5.82 Å². The molecule has 7 heteroatoms. The van der Waals surface area contributed by atoms with Gasteiger partial charge < -0.3 is 19.9 Å². The van der Waals surface area contributed by atoms with E-state index in [-0.39, 0.29) is 6.61 Å². The van der Waals surface area contributed by atoms with Crippen LogP contribution in [0.2, 0.25) is 0 Å². The number of ether oxygens (including phenoxy) is 2. The minimum atomic E-state index is -1.13. The van der Waals surface area contributed by atoms with Gasteiger partial charge in [0.25, 0.3) is 0 Å². The lowest BCUT2D eigenvalue weighted by Gasteiger charge is -2.24. The minimum Gasteiger partial charge on any atom is -0.479 e. The number of aliphatic carboxylic acids is 1. The second-order valence-electron chi connectivity index (χ2n) is 3.99. The summed E-state index contributed by atoms with van der Waals surface area (Å²) in [6.07, 6.45) is 3.33. The number of carboxylic acids is 1. The molecule has 0 bridgehead atoms. The van der Waals surface area contributed by atoms with Gasteiger partial charge in [0.15, 0.2) is 5.54 Å². The zero-order valence-corrected chi connectivity index (χ0v) is 10.0. The number of hydrogen-bond donors (Lipinski definition) is 2. The Hall–Kier alpha value is -1.89. The number of nitrogens with one attached hydrogen (secondary N) is 1. The van der Waals surface area contributed by atoms with E-state index in [4.69, 9.17) is 9.47 Å². The number of aromatic nitrogens is 2. The summed E-state index contributed by atoms with van der Waals surface area (Å²) in [5.74, 6) is -0.223. The van der Waals surface area contributed by atoms with Crippen molar-refractivity contribution in [1.82, 2.24) is 9.97 Å². The van der Waals surface area contributed by atoms with Crippen LogP contribution in [0.5, 0.6) is 5.88 Å². The van der Waals surface area contributed by atoms with Crippen LogP contribution in [-0.4, -0.2) is 46.4 Å². The monoisotopic (exact) mass is 253 g/mol. The Balaban J connectivity index is 2.16. The largest absolute Gasteiger partial charge is 0.479 e. The van der Waals surface area contributed by atoms with Crippen LogP contribution < -0.4 is 10.1 Å². The molecule has 1 aliphatic heterocycles. The third kappa shape index (κ3) is 2.51. The van der Waals surface area contributed by atoms with Gasteiger partial charge in [-0.2, -0.15) is 4.98 Å². The second-order valence-corrected chi connectivity index (χ2v) is 3.99. The van der Waals surface area contributed by atoms with Gasteiger partial charge in [-0.05, 0) is 6.92 Å². The first-order chi connectivity index (χ1) is 8.66. The third-order valence-corrected chi connectivity index (χ3v) is 2.70. The Morgan fingerprint density at radius 3 is 3.11 bits per heavy atom. The van der Waals surface area contributed by atoms with Crippen LogP contribution >= 0.6 is 0 Å². The molecule has 1 aliphatic rings. The van der Waals surface area contributed by atoms with Crippen molar-refractivity contribution in [2.75, 3.05) is 25.1 Å². The second kappa shape index (κ2) is 5.18. The van der Waals surface area contributed by atoms with Crippen LogP contribution in [0.1, 0.15) is 13.3 Å². The van der Waals surface area contributed by atoms with Gasteiger partial charge in [0.05, 0.1) is 25.6 Å². The van der Waals surface area contributed by atoms with Gasteiger partial charge in [0.2, 0.25) is 5.88 Å². The smallest absolute Gasteiger partial charge is 0.331 e. The van der Waals surface area contributed by atoms with E-state index in [9.17, 15) is 9.90 Å². The normalized spacial score (nSPS) is 22.7. The summed E-state index contributed by atoms with van der Waals surface area (Å²) in [6.45, 7) is 2.84. The van der Waals surface area contributed by atoms with E-state index in [1.807, 2.05) is 6.92 Å². The summed E-state index contributed by atoms with van der Waals surface area (Å²) >= 11 is 0. The van der Waals surface area contributed by atoms with Crippen molar-refractivity contribution < 1.29 is 19.4 Å². The number of carbonyl (C=O) groups is 1. The number of anilines is 1. The molecule has 7 nitrogen and oxygen atoms in total. The van der Waals surface area contributed by atoms with E-state index in [0.717, 1.165) is 0 Å². The summed E-state index contributed by atoms with van der Waals surface area (Å²) in [6, 6.07) is 0. The van der Waals surface area contributed by atoms with E-state index in [1.54, 1.807) is 0 Å². The molecule has 0 aliphatic carbocycles. The van der Waals surface area contributed by atoms with Crippen LogP contribution in [0.25, 0.3) is 0 Å². The Kier molecular flexibility index (Phi) is 3.61. The zero-order valence-electron chi connectivity index (χ0n) is 10.0. The average Bonchev–Trinajstić information content (AvgIpc) is 2.80. The maximum Gasteiger partial charge on any atom is 0.331 e. The fraction of sp³-hybridized carbons (Fsp3) is 0.545. The molecule has 0 radical (unpaired) electrons. The average molecular weight is 253 g/mol. The molecule has 0 spiro atoms. The molecule has 1 unspecified atom stereocenters. The number of nitrogens with zero attached hydrogens (tertiary/aromatic N) is 2. The summed E-state index contributed by atoms with van der Waals surface area (Å²) in [5, 5.41) is 12.2. The lowest BCUT2D eigenvalue weighted by atomic mass is 9.99. The minimum absolute atomic E-state index is 0.114. The molecule has 1 aromatic heterocycles. The van der Waals surface area contributed by atoms with Crippen molar-refractivity contribution >= 4 is 11.8 Å². The molecule has 18 heavy (non-hydrogen) atoms. The Labute approximate surface area is 104 Å². The summed E-state index contributed by atoms with van der Waals surface area (Å²) in [5.41, 5.74) is -1.13. The van der Waals surface area contributed by atoms with Crippen molar-refractivity contribution in [1.29, 1.82) is 0 Å². The molecule has 98 valence electrons. The summed E-state index contributed by atoms with van der Waals surface area (Å²) in [7, 11) is 0. The van der Waals surface area contributed by atoms with Crippen LogP contribution in [0.3, 0.4) is 0 Å². The standard InChI is InChI=1S/C11H15N3O4/c1-2-18-9-6-12-5-8(13-9)14-11(10(15)16)3-4-17-7-11/h5-6H,2-4,7H2,1H3,(H,13,14)(H,15,16). The highest BCUT2D eigenvalue weighted by atomic mass is 16.5. The summed E-state index contributed by atoms with van der Waals surface area (Å²) in [4.78, 5) is 19.4. The van der Waals surface area contributed by atoms with Crippen molar-refractivity contribution in [3.8, 4) is 5.88 Å². The fourth-order valence-electron chi connectivity index (χ4n) is 1.76. The Morgan fingerprint density at radius 2 is 2.50 bits per heavy atom. The lowest BCUT2D eigenvalue weighted by molar-refractivity contribution is -0.142. The van der Waals surface area contributed by atoms with E-state index < -0.39 is 11.5 Å². The van der Waals surface area contributed by atoms with Crippen LogP contribution in [0.15, 0.2) is 12.4 Å². The first-order valence-electron chi connectivity index (χ1n) is 5.70. The molecular weight excluding hydrogens is 238 g/mol. The molecule has 1 fully saturated rings. The van der Waals surface area contributed by atoms with Gasteiger partial charge in [-0.15, -0.1) is 0 Å². The SMILES string of the molecule is CCOc1cncc(NC2(C(=O)O)CCOC2)n1. The zero-order chi connectivity index (χ0) is 13.0. The van der Waals surface area contributed by atoms with Crippen molar-refractivity contribution in [3.63, 3.8) is 0 Å². The predicted molar refractivity (Wildman–Crippen MR) is 62.6 cm³/mol. The molecule has 2 rings (SSSR count). The molecule has 0 aromatic carbocycles. The predicted octanol–water partition coefficient (Wildman–Crippen LogP) is 0.531. The van der Waals surface area contributed by atoms with Crippen molar-refractivity contribution in [2.24, 2.45) is 0 Å². The van der Waals surface area contributed by atoms with Gasteiger partial charge in [-0.1, -0.05) is 0 Å². The summed E-state index contributed by atoms with van der Waals surface area (Å²) < 4.78 is 10.4. The number of hydrogen-bond acceptors (Lipinski definition) is 6. The Morgan fingerprint density at radius 1 is 1.67 bits per heavy atom. The molecular formula is C11H15N3O4. The van der Waals surface area contributed by atoms with Gasteiger partial charge in [-0.3, -0.25) is 4.98 Å². The topological polar surface area (TPSA) is 93.6 Å². The van der Waals surface area contributed by atoms with Crippen molar-refractivity contribution in [2.45, 2.75) is 18.9 Å². The molecule has 0 saturated carbocycles. The van der Waals surface area contributed by atoms with E-state index in [1.165, 1.54) is 12.4 Å². The fourth-order valence-corrected chi connectivity index (χ4v) is 1.76. The number of carboxylic acid groups (broad SMARTS) is 1. The van der Waals surface area contributed by atoms with Crippen LogP contribution in [0, 0.1) is 0 Å². The highest BCUT2D eigenvalue weighted by Crippen LogP contribution is 2.24. The quantitative estimate of drug-likeness (QED) is 0.790. The molecule has 2 N–H and O–H groups in total. The van der Waals surface area contributed by atoms with Crippen molar-refractivity contribution in [3.05, 3.63) is 12.4 Å². The Bertz CT molecular complexity index is 432. The first-order valence-corrected chi connectivity index (χ1v) is 5.70. The van der Waals surface area contributed by atoms with Gasteiger partial charge in [-0.25, -0.2) is 4.79 Å². The van der Waals surface area contributed by atoms with E-state index >= 15 is 0 Å². The maximum absolute atomic E-state index is 11.3. The van der Waals surface area contributed by atoms with Gasteiger partial charge in [0.1, 0.15) is 5.82 Å². The first kappa shape index (κ1) is 12.6. The van der Waals surface area contributed by atoms with Gasteiger partial charge in [0, 0.05) is 13.0 Å². The highest BCUT2D eigenvalue weighted by molar-refractivity contribution is 5.83. The number of rotatable bonds is 5. The van der Waals surface area contributed by atoms with Gasteiger partial charge >= 0.3 is 5.97 Å². The molecule has 0 amide bonds.